The van der Waals surface area contributed by atoms with Crippen molar-refractivity contribution in [2.75, 3.05) is 11.9 Å². The lowest BCUT2D eigenvalue weighted by Crippen LogP contribution is -2.13. The van der Waals surface area contributed by atoms with E-state index in [2.05, 4.69) is 31.1 Å². The third-order valence-electron chi connectivity index (χ3n) is 1.99. The Morgan fingerprint density at radius 3 is 2.57 bits per heavy atom. The SMILES string of the molecule is CC(C)(C)CCNc1ccc(=O)[nH]c1. The second kappa shape index (κ2) is 4.31. The molecule has 0 saturated carbocycles. The highest BCUT2D eigenvalue weighted by atomic mass is 16.1. The maximum atomic E-state index is 10.8. The molecule has 3 heteroatoms. The lowest BCUT2D eigenvalue weighted by atomic mass is 9.92. The standard InChI is InChI=1S/C11H18N2O/c1-11(2,3)6-7-12-9-4-5-10(14)13-8-9/h4-5,8,12H,6-7H2,1-3H3,(H,13,14). The highest BCUT2D eigenvalue weighted by Gasteiger charge is 2.08. The van der Waals surface area contributed by atoms with Gasteiger partial charge in [0, 0.05) is 18.8 Å². The number of anilines is 1. The number of hydrogen-bond acceptors (Lipinski definition) is 2. The summed E-state index contributed by atoms with van der Waals surface area (Å²) >= 11 is 0. The lowest BCUT2D eigenvalue weighted by Gasteiger charge is -2.18. The summed E-state index contributed by atoms with van der Waals surface area (Å²) in [6.45, 7) is 7.56. The second-order valence-electron chi connectivity index (χ2n) is 4.68. The molecule has 0 spiro atoms. The van der Waals surface area contributed by atoms with E-state index in [1.807, 2.05) is 0 Å². The molecule has 0 aromatic carbocycles. The molecule has 0 aliphatic rings. The molecular weight excluding hydrogens is 176 g/mol. The van der Waals surface area contributed by atoms with Crippen LogP contribution in [0.5, 0.6) is 0 Å². The van der Waals surface area contributed by atoms with E-state index in [9.17, 15) is 4.79 Å². The van der Waals surface area contributed by atoms with E-state index in [1.54, 1.807) is 12.3 Å². The first-order valence-electron chi connectivity index (χ1n) is 4.90. The maximum Gasteiger partial charge on any atom is 0.248 e. The van der Waals surface area contributed by atoms with Gasteiger partial charge in [0.2, 0.25) is 5.56 Å². The summed E-state index contributed by atoms with van der Waals surface area (Å²) in [5.74, 6) is 0. The number of nitrogens with one attached hydrogen (secondary N) is 2. The van der Waals surface area contributed by atoms with Crippen molar-refractivity contribution in [2.45, 2.75) is 27.2 Å². The summed E-state index contributed by atoms with van der Waals surface area (Å²) in [7, 11) is 0. The summed E-state index contributed by atoms with van der Waals surface area (Å²) in [5, 5.41) is 3.26. The van der Waals surface area contributed by atoms with Crippen molar-refractivity contribution in [1.29, 1.82) is 0 Å². The van der Waals surface area contributed by atoms with Gasteiger partial charge in [-0.1, -0.05) is 20.8 Å². The molecule has 0 atom stereocenters. The molecule has 2 N–H and O–H groups in total. The molecule has 1 aromatic heterocycles. The quantitative estimate of drug-likeness (QED) is 0.775. The molecule has 0 fully saturated rings. The first-order chi connectivity index (χ1) is 6.47. The fourth-order valence-corrected chi connectivity index (χ4v) is 1.10. The van der Waals surface area contributed by atoms with E-state index in [-0.39, 0.29) is 5.56 Å². The molecule has 0 unspecified atom stereocenters. The van der Waals surface area contributed by atoms with Crippen LogP contribution in [0.25, 0.3) is 0 Å². The molecule has 1 aromatic rings. The van der Waals surface area contributed by atoms with Crippen molar-refractivity contribution in [2.24, 2.45) is 5.41 Å². The van der Waals surface area contributed by atoms with Crippen LogP contribution in [0.2, 0.25) is 0 Å². The zero-order valence-corrected chi connectivity index (χ0v) is 9.05. The molecule has 0 saturated heterocycles. The number of aromatic amines is 1. The zero-order valence-electron chi connectivity index (χ0n) is 9.05. The Hall–Kier alpha value is -1.25. The van der Waals surface area contributed by atoms with Crippen molar-refractivity contribution in [1.82, 2.24) is 4.98 Å². The number of aromatic nitrogens is 1. The molecule has 0 amide bonds. The summed E-state index contributed by atoms with van der Waals surface area (Å²) in [4.78, 5) is 13.4. The number of H-pyrrole nitrogens is 1. The van der Waals surface area contributed by atoms with Gasteiger partial charge >= 0.3 is 0 Å². The van der Waals surface area contributed by atoms with Crippen molar-refractivity contribution in [3.05, 3.63) is 28.7 Å². The van der Waals surface area contributed by atoms with E-state index in [0.29, 0.717) is 5.41 Å². The van der Waals surface area contributed by atoms with Gasteiger partial charge in [-0.15, -0.1) is 0 Å². The van der Waals surface area contributed by atoms with Crippen LogP contribution in [0.15, 0.2) is 23.1 Å². The molecular formula is C11H18N2O. The normalized spacial score (nSPS) is 11.4. The molecule has 1 heterocycles. The minimum atomic E-state index is -0.0635. The molecule has 3 nitrogen and oxygen atoms in total. The predicted octanol–water partition coefficient (Wildman–Crippen LogP) is 2.22. The first kappa shape index (κ1) is 10.8. The van der Waals surface area contributed by atoms with E-state index < -0.39 is 0 Å². The third kappa shape index (κ3) is 4.12. The molecule has 1 rings (SSSR count). The molecule has 78 valence electrons. The minimum absolute atomic E-state index is 0.0635. The van der Waals surface area contributed by atoms with Crippen LogP contribution < -0.4 is 10.9 Å². The van der Waals surface area contributed by atoms with Crippen LogP contribution in [-0.4, -0.2) is 11.5 Å². The molecule has 0 radical (unpaired) electrons. The van der Waals surface area contributed by atoms with Crippen LogP contribution >= 0.6 is 0 Å². The van der Waals surface area contributed by atoms with Gasteiger partial charge in [-0.2, -0.15) is 0 Å². The van der Waals surface area contributed by atoms with Crippen LogP contribution in [0.4, 0.5) is 5.69 Å². The smallest absolute Gasteiger partial charge is 0.248 e. The van der Waals surface area contributed by atoms with Gasteiger partial charge < -0.3 is 10.3 Å². The third-order valence-corrected chi connectivity index (χ3v) is 1.99. The van der Waals surface area contributed by atoms with E-state index in [0.717, 1.165) is 18.7 Å². The highest BCUT2D eigenvalue weighted by Crippen LogP contribution is 2.18. The van der Waals surface area contributed by atoms with Crippen molar-refractivity contribution in [3.8, 4) is 0 Å². The second-order valence-corrected chi connectivity index (χ2v) is 4.68. The monoisotopic (exact) mass is 194 g/mol. The fourth-order valence-electron chi connectivity index (χ4n) is 1.10. The molecule has 0 aliphatic heterocycles. The van der Waals surface area contributed by atoms with Gasteiger partial charge in [0.1, 0.15) is 0 Å². The molecule has 0 bridgehead atoms. The highest BCUT2D eigenvalue weighted by molar-refractivity contribution is 5.39. The average molecular weight is 194 g/mol. The van der Waals surface area contributed by atoms with Crippen molar-refractivity contribution >= 4 is 5.69 Å². The Balaban J connectivity index is 2.39. The van der Waals surface area contributed by atoms with Crippen LogP contribution in [-0.2, 0) is 0 Å². The van der Waals surface area contributed by atoms with Crippen LogP contribution in [0, 0.1) is 5.41 Å². The van der Waals surface area contributed by atoms with E-state index in [4.69, 9.17) is 0 Å². The van der Waals surface area contributed by atoms with Gasteiger partial charge in [-0.3, -0.25) is 4.79 Å². The van der Waals surface area contributed by atoms with Gasteiger partial charge in [0.15, 0.2) is 0 Å². The first-order valence-corrected chi connectivity index (χ1v) is 4.90. The van der Waals surface area contributed by atoms with Gasteiger partial charge in [-0.25, -0.2) is 0 Å². The molecule has 0 aliphatic carbocycles. The van der Waals surface area contributed by atoms with Crippen molar-refractivity contribution in [3.63, 3.8) is 0 Å². The number of rotatable bonds is 3. The Kier molecular flexibility index (Phi) is 3.33. The number of pyridine rings is 1. The van der Waals surface area contributed by atoms with E-state index >= 15 is 0 Å². The number of hydrogen-bond donors (Lipinski definition) is 2. The summed E-state index contributed by atoms with van der Waals surface area (Å²) < 4.78 is 0. The summed E-state index contributed by atoms with van der Waals surface area (Å²) in [6, 6.07) is 3.32. The average Bonchev–Trinajstić information content (AvgIpc) is 2.06. The summed E-state index contributed by atoms with van der Waals surface area (Å²) in [6.07, 6.45) is 2.80. The maximum absolute atomic E-state index is 10.8. The van der Waals surface area contributed by atoms with Crippen LogP contribution in [0.1, 0.15) is 27.2 Å². The van der Waals surface area contributed by atoms with Gasteiger partial charge in [0.05, 0.1) is 5.69 Å². The zero-order chi connectivity index (χ0) is 10.6. The summed E-state index contributed by atoms with van der Waals surface area (Å²) in [5.41, 5.74) is 1.25. The van der Waals surface area contributed by atoms with Crippen LogP contribution in [0.3, 0.4) is 0 Å². The fraction of sp³-hybridized carbons (Fsp3) is 0.545. The van der Waals surface area contributed by atoms with E-state index in [1.165, 1.54) is 6.07 Å². The Bertz CT molecular complexity index is 315. The Morgan fingerprint density at radius 1 is 1.36 bits per heavy atom. The van der Waals surface area contributed by atoms with Crippen molar-refractivity contribution < 1.29 is 0 Å². The molecule has 14 heavy (non-hydrogen) atoms. The Labute approximate surface area is 84.6 Å². The topological polar surface area (TPSA) is 44.9 Å². The minimum Gasteiger partial charge on any atom is -0.384 e. The van der Waals surface area contributed by atoms with Gasteiger partial charge in [-0.05, 0) is 17.9 Å². The largest absolute Gasteiger partial charge is 0.384 e. The lowest BCUT2D eigenvalue weighted by molar-refractivity contribution is 0.390. The predicted molar refractivity (Wildman–Crippen MR) is 59.6 cm³/mol. The van der Waals surface area contributed by atoms with Gasteiger partial charge in [0.25, 0.3) is 0 Å². The Morgan fingerprint density at radius 2 is 2.07 bits per heavy atom.